The fraction of sp³-hybridized carbons (Fsp3) is 0.600. The molecule has 3 saturated heterocycles. The largest absolute Gasteiger partial charge is 0.383 e. The van der Waals surface area contributed by atoms with Crippen molar-refractivity contribution >= 4 is 34.1 Å². The van der Waals surface area contributed by atoms with Crippen molar-refractivity contribution in [3.05, 3.63) is 35.2 Å². The van der Waals surface area contributed by atoms with E-state index in [2.05, 4.69) is 15.1 Å². The molecular weight excluding hydrogens is 556 g/mol. The van der Waals surface area contributed by atoms with Crippen LogP contribution in [0.2, 0.25) is 0 Å². The average Bonchev–Trinajstić information content (AvgIpc) is 3.72. The molecule has 4 atom stereocenters. The Morgan fingerprint density at radius 2 is 1.93 bits per heavy atom. The molecule has 4 heterocycles. The smallest absolute Gasteiger partial charge is 0.251 e. The van der Waals surface area contributed by atoms with Gasteiger partial charge in [-0.15, -0.1) is 11.3 Å². The number of nitrogens with zero attached hydrogens (tertiary/aromatic N) is 4. The van der Waals surface area contributed by atoms with E-state index in [0.29, 0.717) is 12.0 Å². The number of ketones is 1. The molecule has 1 unspecified atom stereocenters. The highest BCUT2D eigenvalue weighted by atomic mass is 32.1. The van der Waals surface area contributed by atoms with E-state index in [-0.39, 0.29) is 30.7 Å². The summed E-state index contributed by atoms with van der Waals surface area (Å²) in [6, 6.07) is 5.33. The Morgan fingerprint density at radius 1 is 1.21 bits per heavy atom. The number of amides is 2. The second kappa shape index (κ2) is 12.8. The molecule has 0 saturated carbocycles. The van der Waals surface area contributed by atoms with Crippen molar-refractivity contribution in [2.45, 2.75) is 51.4 Å². The SMILES string of the molecule is CCC(C)(C)C(NC(=O)c1ccc(-c2csc(N3CCN(CCOC)CC3)n2)cc1)C(=O)N1C[C@H](N)[C@H]2OCC(=O)[C@H]21. The number of Topliss-reactive ketones (excluding diaryl/α,β-unsaturated/α-hetero) is 1. The number of hydrogen-bond acceptors (Lipinski definition) is 10. The van der Waals surface area contributed by atoms with Crippen LogP contribution in [0.1, 0.15) is 37.6 Å². The fourth-order valence-electron chi connectivity index (χ4n) is 5.81. The number of likely N-dealkylation sites (tertiary alicyclic amines) is 1. The molecule has 42 heavy (non-hydrogen) atoms. The molecule has 1 aromatic carbocycles. The van der Waals surface area contributed by atoms with E-state index in [9.17, 15) is 14.4 Å². The van der Waals surface area contributed by atoms with Crippen molar-refractivity contribution in [3.63, 3.8) is 0 Å². The van der Waals surface area contributed by atoms with Gasteiger partial charge in [0.15, 0.2) is 10.9 Å². The van der Waals surface area contributed by atoms with Crippen LogP contribution < -0.4 is 16.0 Å². The summed E-state index contributed by atoms with van der Waals surface area (Å²) in [6.45, 7) is 11.6. The Hall–Kier alpha value is -2.90. The first-order valence-electron chi connectivity index (χ1n) is 14.7. The first kappa shape index (κ1) is 30.6. The zero-order chi connectivity index (χ0) is 30.0. The van der Waals surface area contributed by atoms with Gasteiger partial charge in [-0.25, -0.2) is 4.98 Å². The van der Waals surface area contributed by atoms with Gasteiger partial charge in [0.2, 0.25) is 5.91 Å². The summed E-state index contributed by atoms with van der Waals surface area (Å²) in [6.07, 6.45) is 0.155. The lowest BCUT2D eigenvalue weighted by atomic mass is 9.80. The first-order chi connectivity index (χ1) is 20.1. The summed E-state index contributed by atoms with van der Waals surface area (Å²) >= 11 is 1.62. The van der Waals surface area contributed by atoms with Crippen molar-refractivity contribution in [2.24, 2.45) is 11.1 Å². The Balaban J connectivity index is 1.25. The lowest BCUT2D eigenvalue weighted by molar-refractivity contribution is -0.140. The molecule has 0 aliphatic carbocycles. The number of ether oxygens (including phenoxy) is 2. The average molecular weight is 599 g/mol. The third-order valence-electron chi connectivity index (χ3n) is 8.91. The number of carbonyl (C=O) groups is 3. The van der Waals surface area contributed by atoms with Crippen LogP contribution in [0.15, 0.2) is 29.6 Å². The first-order valence-corrected chi connectivity index (χ1v) is 15.5. The number of rotatable bonds is 10. The molecule has 2 amide bonds. The van der Waals surface area contributed by atoms with Crippen LogP contribution in [0.3, 0.4) is 0 Å². The molecule has 1 aromatic heterocycles. The summed E-state index contributed by atoms with van der Waals surface area (Å²) in [7, 11) is 1.73. The van der Waals surface area contributed by atoms with Gasteiger partial charge >= 0.3 is 0 Å². The van der Waals surface area contributed by atoms with Crippen molar-refractivity contribution in [2.75, 3.05) is 64.5 Å². The zero-order valence-corrected chi connectivity index (χ0v) is 25.7. The highest BCUT2D eigenvalue weighted by molar-refractivity contribution is 7.14. The van der Waals surface area contributed by atoms with E-state index in [4.69, 9.17) is 20.2 Å². The Bertz CT molecular complexity index is 1280. The Labute approximate surface area is 251 Å². The predicted octanol–water partition coefficient (Wildman–Crippen LogP) is 1.62. The van der Waals surface area contributed by atoms with Crippen molar-refractivity contribution in [1.29, 1.82) is 0 Å². The van der Waals surface area contributed by atoms with Gasteiger partial charge in [0.1, 0.15) is 24.8 Å². The van der Waals surface area contributed by atoms with E-state index >= 15 is 0 Å². The third kappa shape index (κ3) is 6.23. The van der Waals surface area contributed by atoms with E-state index in [1.807, 2.05) is 38.3 Å². The summed E-state index contributed by atoms with van der Waals surface area (Å²) in [5.74, 6) is -0.797. The maximum absolute atomic E-state index is 13.8. The molecule has 2 aromatic rings. The van der Waals surface area contributed by atoms with Gasteiger partial charge < -0.3 is 30.3 Å². The maximum atomic E-state index is 13.8. The monoisotopic (exact) mass is 598 g/mol. The molecule has 3 fully saturated rings. The quantitative estimate of drug-likeness (QED) is 0.419. The standard InChI is InChI=1S/C30H42N6O5S/c1-5-30(2,3)26(28(39)36-16-21(31)25-24(36)23(37)17-41-25)33-27(38)20-8-6-19(7-9-20)22-18-42-29(32-22)35-12-10-34(11-13-35)14-15-40-4/h6-9,18,21,24-26H,5,10-17,31H2,1-4H3,(H,33,38)/t21-,24+,25+,26?/m0/s1. The minimum atomic E-state index is -0.829. The molecule has 11 nitrogen and oxygen atoms in total. The second-order valence-electron chi connectivity index (χ2n) is 12.0. The van der Waals surface area contributed by atoms with Crippen LogP contribution in [0.4, 0.5) is 5.13 Å². The minimum Gasteiger partial charge on any atom is -0.383 e. The minimum absolute atomic E-state index is 0.0423. The number of piperazine rings is 1. The lowest BCUT2D eigenvalue weighted by Crippen LogP contribution is -2.57. The van der Waals surface area contributed by atoms with E-state index in [0.717, 1.165) is 55.7 Å². The number of carbonyl (C=O) groups excluding carboxylic acids is 3. The van der Waals surface area contributed by atoms with Gasteiger partial charge in [-0.1, -0.05) is 32.9 Å². The summed E-state index contributed by atoms with van der Waals surface area (Å²) in [5.41, 5.74) is 7.89. The molecule has 0 spiro atoms. The summed E-state index contributed by atoms with van der Waals surface area (Å²) in [4.78, 5) is 50.8. The topological polar surface area (TPSA) is 130 Å². The van der Waals surface area contributed by atoms with Crippen LogP contribution in [-0.4, -0.2) is 116 Å². The van der Waals surface area contributed by atoms with Crippen molar-refractivity contribution < 1.29 is 23.9 Å². The molecule has 5 rings (SSSR count). The highest BCUT2D eigenvalue weighted by Crippen LogP contribution is 2.33. The lowest BCUT2D eigenvalue weighted by Gasteiger charge is -2.36. The number of nitrogens with one attached hydrogen (secondary N) is 1. The molecule has 3 aliphatic rings. The maximum Gasteiger partial charge on any atom is 0.251 e. The number of aromatic nitrogens is 1. The van der Waals surface area contributed by atoms with Crippen LogP contribution >= 0.6 is 11.3 Å². The number of thiazole rings is 1. The summed E-state index contributed by atoms with van der Waals surface area (Å²) in [5, 5.41) is 6.02. The van der Waals surface area contributed by atoms with Crippen molar-refractivity contribution in [3.8, 4) is 11.3 Å². The molecule has 0 bridgehead atoms. The third-order valence-corrected chi connectivity index (χ3v) is 9.81. The van der Waals surface area contributed by atoms with Crippen LogP contribution in [0, 0.1) is 5.41 Å². The molecular formula is C30H42N6O5S. The van der Waals surface area contributed by atoms with E-state index in [1.165, 1.54) is 4.90 Å². The number of nitrogens with two attached hydrogens (primary N) is 1. The van der Waals surface area contributed by atoms with Gasteiger partial charge in [-0.2, -0.15) is 0 Å². The van der Waals surface area contributed by atoms with Gasteiger partial charge in [-0.3, -0.25) is 19.3 Å². The normalized spacial score (nSPS) is 23.7. The predicted molar refractivity (Wildman–Crippen MR) is 162 cm³/mol. The molecule has 12 heteroatoms. The highest BCUT2D eigenvalue weighted by Gasteiger charge is 2.53. The Morgan fingerprint density at radius 3 is 2.60 bits per heavy atom. The van der Waals surface area contributed by atoms with Gasteiger partial charge in [-0.05, 0) is 24.0 Å². The van der Waals surface area contributed by atoms with Crippen LogP contribution in [0.5, 0.6) is 0 Å². The molecule has 0 radical (unpaired) electrons. The zero-order valence-electron chi connectivity index (χ0n) is 24.9. The number of fused-ring (bicyclic) bond motifs is 1. The van der Waals surface area contributed by atoms with Gasteiger partial charge in [0, 0.05) is 62.9 Å². The second-order valence-corrected chi connectivity index (χ2v) is 12.8. The molecule has 3 N–H and O–H groups in total. The van der Waals surface area contributed by atoms with Crippen molar-refractivity contribution in [1.82, 2.24) is 20.1 Å². The van der Waals surface area contributed by atoms with Crippen LogP contribution in [0.25, 0.3) is 11.3 Å². The number of hydrogen-bond donors (Lipinski definition) is 2. The number of benzene rings is 1. The van der Waals surface area contributed by atoms with E-state index in [1.54, 1.807) is 30.6 Å². The molecule has 3 aliphatic heterocycles. The molecule has 228 valence electrons. The summed E-state index contributed by atoms with van der Waals surface area (Å²) < 4.78 is 10.8. The van der Waals surface area contributed by atoms with Crippen LogP contribution in [-0.2, 0) is 19.1 Å². The van der Waals surface area contributed by atoms with Gasteiger partial charge in [0.05, 0.1) is 18.3 Å². The van der Waals surface area contributed by atoms with E-state index < -0.39 is 29.6 Å². The number of methoxy groups -OCH3 is 1. The Kier molecular flexibility index (Phi) is 9.28. The number of anilines is 1. The fourth-order valence-corrected chi connectivity index (χ4v) is 6.70. The van der Waals surface area contributed by atoms with Gasteiger partial charge in [0.25, 0.3) is 5.91 Å².